The van der Waals surface area contributed by atoms with E-state index in [9.17, 15) is 19.1 Å². The minimum absolute atomic E-state index is 0.0174. The Labute approximate surface area is 188 Å². The number of nitrogens with zero attached hydrogens (tertiary/aromatic N) is 1. The molecule has 0 unspecified atom stereocenters. The molecule has 3 aromatic rings. The van der Waals surface area contributed by atoms with Gasteiger partial charge in [0.1, 0.15) is 11.6 Å². The summed E-state index contributed by atoms with van der Waals surface area (Å²) in [4.78, 5) is 38.9. The molecule has 8 heteroatoms. The zero-order valence-corrected chi connectivity index (χ0v) is 19.5. The van der Waals surface area contributed by atoms with Crippen LogP contribution in [-0.2, 0) is 17.4 Å². The maximum Gasteiger partial charge on any atom is 0.524 e. The Hall–Kier alpha value is -2.47. The largest absolute Gasteiger partial charge is 0.524 e. The number of rotatable bonds is 11. The molecule has 0 spiro atoms. The predicted octanol–water partition coefficient (Wildman–Crippen LogP) is 5.53. The standard InChI is InChI=1S/C24H31N2O5P/c1-3-5-7-9-17-11-13-21-19(15-17)24(27)26-23(25-21)20-16-18(10-8-6-4-2)12-14-22(20)31-32(28,29)30/h11-16H,3-10H2,1-2H3,(H,25,26,27)(H2,28,29,30). The van der Waals surface area contributed by atoms with Crippen LogP contribution in [0.2, 0.25) is 0 Å². The first kappa shape index (κ1) is 24.2. The summed E-state index contributed by atoms with van der Waals surface area (Å²) in [7, 11) is -4.78. The fourth-order valence-electron chi connectivity index (χ4n) is 3.75. The van der Waals surface area contributed by atoms with Crippen molar-refractivity contribution in [3.8, 4) is 17.1 Å². The minimum Gasteiger partial charge on any atom is -0.403 e. The summed E-state index contributed by atoms with van der Waals surface area (Å²) in [6, 6.07) is 10.8. The van der Waals surface area contributed by atoms with E-state index in [-0.39, 0.29) is 17.1 Å². The summed E-state index contributed by atoms with van der Waals surface area (Å²) in [5, 5.41) is 0.499. The predicted molar refractivity (Wildman–Crippen MR) is 127 cm³/mol. The first-order chi connectivity index (χ1) is 15.3. The van der Waals surface area contributed by atoms with Crippen LogP contribution in [0.25, 0.3) is 22.3 Å². The molecule has 7 nitrogen and oxygen atoms in total. The van der Waals surface area contributed by atoms with E-state index in [1.165, 1.54) is 6.07 Å². The maximum atomic E-state index is 12.9. The molecule has 0 atom stereocenters. The molecule has 0 saturated heterocycles. The molecule has 2 aromatic carbocycles. The van der Waals surface area contributed by atoms with E-state index >= 15 is 0 Å². The molecule has 0 amide bonds. The van der Waals surface area contributed by atoms with Gasteiger partial charge in [-0.15, -0.1) is 0 Å². The fraction of sp³-hybridized carbons (Fsp3) is 0.417. The number of aromatic amines is 1. The molecule has 32 heavy (non-hydrogen) atoms. The molecule has 0 bridgehead atoms. The molecule has 1 aromatic heterocycles. The van der Waals surface area contributed by atoms with Gasteiger partial charge in [-0.1, -0.05) is 51.7 Å². The number of H-pyrrole nitrogens is 1. The molecular formula is C24H31N2O5P. The summed E-state index contributed by atoms with van der Waals surface area (Å²) in [6.07, 6.45) is 8.24. The van der Waals surface area contributed by atoms with Crippen molar-refractivity contribution in [2.75, 3.05) is 0 Å². The van der Waals surface area contributed by atoms with Gasteiger partial charge >= 0.3 is 7.82 Å². The van der Waals surface area contributed by atoms with Crippen LogP contribution in [0.1, 0.15) is 63.5 Å². The van der Waals surface area contributed by atoms with Crippen molar-refractivity contribution in [2.24, 2.45) is 0 Å². The Morgan fingerprint density at radius 1 is 0.938 bits per heavy atom. The van der Waals surface area contributed by atoms with E-state index in [2.05, 4.69) is 23.8 Å². The third-order valence-electron chi connectivity index (χ3n) is 5.42. The molecule has 3 N–H and O–H groups in total. The van der Waals surface area contributed by atoms with Gasteiger partial charge in [-0.2, -0.15) is 0 Å². The van der Waals surface area contributed by atoms with Crippen molar-refractivity contribution >= 4 is 18.7 Å². The van der Waals surface area contributed by atoms with Gasteiger partial charge in [0.05, 0.1) is 16.5 Å². The zero-order chi connectivity index (χ0) is 23.1. The van der Waals surface area contributed by atoms with E-state index in [0.29, 0.717) is 16.5 Å². The molecule has 0 radical (unpaired) electrons. The highest BCUT2D eigenvalue weighted by molar-refractivity contribution is 7.46. The van der Waals surface area contributed by atoms with Gasteiger partial charge < -0.3 is 9.51 Å². The molecule has 0 aliphatic carbocycles. The van der Waals surface area contributed by atoms with Crippen LogP contribution >= 0.6 is 7.82 Å². The third kappa shape index (κ3) is 6.52. The smallest absolute Gasteiger partial charge is 0.403 e. The van der Waals surface area contributed by atoms with Crippen LogP contribution < -0.4 is 10.1 Å². The highest BCUT2D eigenvalue weighted by Gasteiger charge is 2.21. The number of aromatic nitrogens is 2. The lowest BCUT2D eigenvalue weighted by atomic mass is 10.0. The Morgan fingerprint density at radius 3 is 2.19 bits per heavy atom. The first-order valence-electron chi connectivity index (χ1n) is 11.2. The van der Waals surface area contributed by atoms with E-state index in [1.54, 1.807) is 12.1 Å². The van der Waals surface area contributed by atoms with Crippen molar-refractivity contribution in [2.45, 2.75) is 65.2 Å². The summed E-state index contributed by atoms with van der Waals surface area (Å²) >= 11 is 0. The monoisotopic (exact) mass is 458 g/mol. The first-order valence-corrected chi connectivity index (χ1v) is 12.7. The number of nitrogens with one attached hydrogen (secondary N) is 1. The van der Waals surface area contributed by atoms with E-state index in [4.69, 9.17) is 4.52 Å². The highest BCUT2D eigenvalue weighted by Crippen LogP contribution is 2.42. The molecule has 3 rings (SSSR count). The van der Waals surface area contributed by atoms with Crippen LogP contribution in [-0.4, -0.2) is 19.8 Å². The molecular weight excluding hydrogens is 427 g/mol. The summed E-state index contributed by atoms with van der Waals surface area (Å²) in [6.45, 7) is 4.28. The van der Waals surface area contributed by atoms with Crippen LogP contribution in [0, 0.1) is 0 Å². The quantitative estimate of drug-likeness (QED) is 0.257. The minimum atomic E-state index is -4.78. The number of hydrogen-bond acceptors (Lipinski definition) is 4. The van der Waals surface area contributed by atoms with Gasteiger partial charge in [-0.3, -0.25) is 14.6 Å². The number of hydrogen-bond donors (Lipinski definition) is 3. The third-order valence-corrected chi connectivity index (χ3v) is 5.86. The number of benzene rings is 2. The Balaban J connectivity index is 2.02. The zero-order valence-electron chi connectivity index (χ0n) is 18.6. The maximum absolute atomic E-state index is 12.9. The van der Waals surface area contributed by atoms with Crippen LogP contribution in [0.5, 0.6) is 5.75 Å². The van der Waals surface area contributed by atoms with Crippen LogP contribution in [0.4, 0.5) is 0 Å². The van der Waals surface area contributed by atoms with E-state index < -0.39 is 7.82 Å². The average molecular weight is 458 g/mol. The number of phosphoric acid groups is 1. The summed E-state index contributed by atoms with van der Waals surface area (Å²) in [5.41, 5.74) is 2.67. The normalized spacial score (nSPS) is 11.8. The van der Waals surface area contributed by atoms with E-state index in [1.807, 2.05) is 18.2 Å². The lowest BCUT2D eigenvalue weighted by Gasteiger charge is -2.14. The molecule has 0 saturated carbocycles. The van der Waals surface area contributed by atoms with Crippen molar-refractivity contribution in [3.05, 3.63) is 57.9 Å². The van der Waals surface area contributed by atoms with Gasteiger partial charge in [0.2, 0.25) is 0 Å². The van der Waals surface area contributed by atoms with Gasteiger partial charge in [-0.25, -0.2) is 9.55 Å². The lowest BCUT2D eigenvalue weighted by Crippen LogP contribution is -2.10. The van der Waals surface area contributed by atoms with Gasteiger partial charge in [0.15, 0.2) is 0 Å². The Kier molecular flexibility index (Phi) is 8.24. The fourth-order valence-corrected chi connectivity index (χ4v) is 4.17. The van der Waals surface area contributed by atoms with Gasteiger partial charge in [-0.05, 0) is 61.1 Å². The second-order valence-corrected chi connectivity index (χ2v) is 9.26. The molecule has 172 valence electrons. The van der Waals surface area contributed by atoms with Crippen LogP contribution in [0.15, 0.2) is 41.2 Å². The topological polar surface area (TPSA) is 113 Å². The lowest BCUT2D eigenvalue weighted by molar-refractivity contribution is 0.283. The van der Waals surface area contributed by atoms with E-state index in [0.717, 1.165) is 62.5 Å². The Bertz CT molecular complexity index is 1170. The summed E-state index contributed by atoms with van der Waals surface area (Å²) < 4.78 is 16.4. The number of unbranched alkanes of at least 4 members (excludes halogenated alkanes) is 4. The van der Waals surface area contributed by atoms with Crippen molar-refractivity contribution in [1.29, 1.82) is 0 Å². The van der Waals surface area contributed by atoms with Crippen molar-refractivity contribution < 1.29 is 18.9 Å². The van der Waals surface area contributed by atoms with Gasteiger partial charge in [0, 0.05) is 0 Å². The number of aryl methyl sites for hydroxylation is 2. The SMILES string of the molecule is CCCCCc1ccc(OP(=O)(O)O)c(-c2nc3ccc(CCCCC)cc3c(=O)[nH]2)c1. The molecule has 1 heterocycles. The van der Waals surface area contributed by atoms with Crippen molar-refractivity contribution in [1.82, 2.24) is 9.97 Å². The second kappa shape index (κ2) is 10.9. The van der Waals surface area contributed by atoms with Crippen LogP contribution in [0.3, 0.4) is 0 Å². The number of phosphoric ester groups is 1. The summed E-state index contributed by atoms with van der Waals surface area (Å²) in [5.74, 6) is 0.207. The number of fused-ring (bicyclic) bond motifs is 1. The molecule has 0 aliphatic heterocycles. The van der Waals surface area contributed by atoms with Gasteiger partial charge in [0.25, 0.3) is 5.56 Å². The average Bonchev–Trinajstić information content (AvgIpc) is 2.74. The highest BCUT2D eigenvalue weighted by atomic mass is 31.2. The molecule has 0 aliphatic rings. The Morgan fingerprint density at radius 2 is 1.56 bits per heavy atom. The molecule has 0 fully saturated rings. The van der Waals surface area contributed by atoms with Crippen molar-refractivity contribution in [3.63, 3.8) is 0 Å². The second-order valence-electron chi connectivity index (χ2n) is 8.09.